The Kier molecular flexibility index (Phi) is 7.04. The number of hydrogen-bond acceptors (Lipinski definition) is 5. The number of carbonyl (C=O) groups excluding carboxylic acids is 2. The number of benzene rings is 4. The van der Waals surface area contributed by atoms with Gasteiger partial charge in [-0.25, -0.2) is 22.0 Å². The van der Waals surface area contributed by atoms with Gasteiger partial charge in [-0.15, -0.1) is 11.3 Å². The van der Waals surface area contributed by atoms with Crippen molar-refractivity contribution >= 4 is 45.4 Å². The predicted octanol–water partition coefficient (Wildman–Crippen LogP) is 10.2. The zero-order valence-electron chi connectivity index (χ0n) is 25.9. The molecular weight excluding hydrogens is 643 g/mol. The van der Waals surface area contributed by atoms with Gasteiger partial charge in [-0.2, -0.15) is 5.26 Å². The number of nitriles is 1. The van der Waals surface area contributed by atoms with E-state index in [-0.39, 0.29) is 27.4 Å². The van der Waals surface area contributed by atoms with E-state index < -0.39 is 51.8 Å². The first-order valence-corrected chi connectivity index (χ1v) is 15.6. The van der Waals surface area contributed by atoms with E-state index in [1.54, 1.807) is 54.6 Å². The molecule has 0 fully saturated rings. The third-order valence-corrected chi connectivity index (χ3v) is 10.1. The molecule has 2 aliphatic rings. The molecule has 0 saturated heterocycles. The van der Waals surface area contributed by atoms with Crippen LogP contribution in [0, 0.1) is 54.3 Å². The number of aryl methyl sites for hydroxylation is 2. The van der Waals surface area contributed by atoms with Crippen LogP contribution in [-0.2, 0) is 5.41 Å². The van der Waals surface area contributed by atoms with Gasteiger partial charge in [0.2, 0.25) is 5.82 Å². The fourth-order valence-electron chi connectivity index (χ4n) is 6.77. The van der Waals surface area contributed by atoms with Gasteiger partial charge >= 0.3 is 0 Å². The van der Waals surface area contributed by atoms with E-state index in [9.17, 15) is 28.0 Å². The van der Waals surface area contributed by atoms with Crippen LogP contribution in [0.4, 0.5) is 38.3 Å². The fraction of sp³-hybridized carbons (Fsp3) is 0.132. The first-order valence-electron chi connectivity index (χ1n) is 14.8. The highest BCUT2D eigenvalue weighted by atomic mass is 32.1. The Hall–Kier alpha value is -5.40. The van der Waals surface area contributed by atoms with E-state index in [2.05, 4.69) is 6.07 Å². The lowest BCUT2D eigenvalue weighted by atomic mass is 9.74. The highest BCUT2D eigenvalue weighted by molar-refractivity contribution is 7.17. The predicted molar refractivity (Wildman–Crippen MR) is 174 cm³/mol. The van der Waals surface area contributed by atoms with Crippen LogP contribution in [0.25, 0.3) is 17.2 Å². The zero-order valence-corrected chi connectivity index (χ0v) is 26.7. The van der Waals surface area contributed by atoms with E-state index in [4.69, 9.17) is 0 Å². The summed E-state index contributed by atoms with van der Waals surface area (Å²) in [6, 6.07) is 18.8. The number of thiophene rings is 1. The second kappa shape index (κ2) is 10.8. The van der Waals surface area contributed by atoms with Gasteiger partial charge in [0.05, 0.1) is 22.9 Å². The zero-order chi connectivity index (χ0) is 34.4. The quantitative estimate of drug-likeness (QED) is 0.0632. The summed E-state index contributed by atoms with van der Waals surface area (Å²) in [6.07, 6.45) is 1.40. The summed E-state index contributed by atoms with van der Waals surface area (Å²) in [7, 11) is 0. The number of fused-ring (bicyclic) bond motifs is 3. The first kappa shape index (κ1) is 31.2. The Morgan fingerprint density at radius 2 is 1.33 bits per heavy atom. The van der Waals surface area contributed by atoms with Crippen LogP contribution < -0.4 is 4.90 Å². The average Bonchev–Trinajstić information content (AvgIpc) is 3.60. The molecule has 0 amide bonds. The van der Waals surface area contributed by atoms with Crippen molar-refractivity contribution in [3.05, 3.63) is 139 Å². The maximum atomic E-state index is 15.6. The van der Waals surface area contributed by atoms with Crippen LogP contribution in [0.3, 0.4) is 0 Å². The van der Waals surface area contributed by atoms with Crippen LogP contribution in [0.1, 0.15) is 67.3 Å². The molecule has 0 atom stereocenters. The van der Waals surface area contributed by atoms with E-state index in [1.165, 1.54) is 6.08 Å². The maximum Gasteiger partial charge on any atom is 0.200 e. The van der Waals surface area contributed by atoms with Gasteiger partial charge in [-0.3, -0.25) is 14.5 Å². The summed E-state index contributed by atoms with van der Waals surface area (Å²) in [5.41, 5.74) is 3.23. The van der Waals surface area contributed by atoms with E-state index in [0.717, 1.165) is 38.5 Å². The molecule has 48 heavy (non-hydrogen) atoms. The molecule has 7 rings (SSSR count). The molecule has 4 nitrogen and oxygen atoms in total. The van der Waals surface area contributed by atoms with Crippen molar-refractivity contribution in [3.63, 3.8) is 0 Å². The summed E-state index contributed by atoms with van der Waals surface area (Å²) in [6.45, 7) is 7.45. The Morgan fingerprint density at radius 1 is 0.771 bits per heavy atom. The SMILES string of the molecule is Cc1cc(C#N)cc(C)c1-c1ccc2c(c1)C(C)(C)c1cc(C=C3C(=O)c4ccccc4C3=O)sc1N2c1c(F)c(F)c(F)c(F)c1F. The number of halogens is 5. The second-order valence-corrected chi connectivity index (χ2v) is 13.4. The molecule has 0 N–H and O–H groups in total. The van der Waals surface area contributed by atoms with Crippen molar-refractivity contribution in [3.8, 4) is 17.2 Å². The van der Waals surface area contributed by atoms with Gasteiger partial charge in [0, 0.05) is 21.4 Å². The maximum absolute atomic E-state index is 15.6. The summed E-state index contributed by atoms with van der Waals surface area (Å²) in [5, 5.41) is 9.60. The highest BCUT2D eigenvalue weighted by Gasteiger charge is 2.43. The van der Waals surface area contributed by atoms with E-state index in [1.807, 2.05) is 33.8 Å². The molecule has 0 unspecified atom stereocenters. The molecule has 1 aliphatic heterocycles. The van der Waals surface area contributed by atoms with Crippen LogP contribution in [-0.4, -0.2) is 11.6 Å². The number of nitrogens with zero attached hydrogens (tertiary/aromatic N) is 2. The van der Waals surface area contributed by atoms with Crippen molar-refractivity contribution in [1.29, 1.82) is 5.26 Å². The van der Waals surface area contributed by atoms with Gasteiger partial charge in [0.15, 0.2) is 34.8 Å². The minimum Gasteiger partial charge on any atom is -0.296 e. The van der Waals surface area contributed by atoms with Crippen LogP contribution in [0.2, 0.25) is 0 Å². The highest BCUT2D eigenvalue weighted by Crippen LogP contribution is 2.57. The van der Waals surface area contributed by atoms with Crippen molar-refractivity contribution < 1.29 is 31.5 Å². The number of ketones is 2. The van der Waals surface area contributed by atoms with Crippen LogP contribution in [0.15, 0.2) is 66.2 Å². The van der Waals surface area contributed by atoms with Crippen molar-refractivity contribution in [2.45, 2.75) is 33.1 Å². The van der Waals surface area contributed by atoms with E-state index in [0.29, 0.717) is 21.6 Å². The molecule has 5 aromatic rings. The Balaban J connectivity index is 1.48. The first-order chi connectivity index (χ1) is 22.8. The number of carbonyl (C=O) groups is 2. The Labute approximate surface area is 276 Å². The van der Waals surface area contributed by atoms with Gasteiger partial charge in [0.25, 0.3) is 0 Å². The smallest absolute Gasteiger partial charge is 0.200 e. The number of hydrogen-bond donors (Lipinski definition) is 0. The molecule has 0 spiro atoms. The third-order valence-electron chi connectivity index (χ3n) is 9.07. The molecule has 4 aromatic carbocycles. The number of Topliss-reactive ketones (excluding diaryl/α,β-unsaturated/α-hetero) is 2. The molecule has 2 heterocycles. The molecule has 10 heteroatoms. The van der Waals surface area contributed by atoms with Crippen LogP contribution in [0.5, 0.6) is 0 Å². The monoisotopic (exact) mass is 666 g/mol. The molecule has 0 radical (unpaired) electrons. The largest absolute Gasteiger partial charge is 0.296 e. The normalized spacial score (nSPS) is 14.5. The number of rotatable bonds is 3. The lowest BCUT2D eigenvalue weighted by Crippen LogP contribution is -2.30. The van der Waals surface area contributed by atoms with Gasteiger partial charge in [0.1, 0.15) is 10.7 Å². The van der Waals surface area contributed by atoms with Crippen molar-refractivity contribution in [1.82, 2.24) is 0 Å². The lowest BCUT2D eigenvalue weighted by Gasteiger charge is -2.40. The molecule has 1 aromatic heterocycles. The number of allylic oxidation sites excluding steroid dienone is 1. The minimum atomic E-state index is -2.27. The minimum absolute atomic E-state index is 0.0954. The Bertz CT molecular complexity index is 2280. The fourth-order valence-corrected chi connectivity index (χ4v) is 8.05. The van der Waals surface area contributed by atoms with Gasteiger partial charge < -0.3 is 0 Å². The van der Waals surface area contributed by atoms with E-state index >= 15 is 8.78 Å². The Morgan fingerprint density at radius 3 is 1.90 bits per heavy atom. The average molecular weight is 667 g/mol. The molecular formula is C38H23F5N2O2S. The van der Waals surface area contributed by atoms with Crippen molar-refractivity contribution in [2.24, 2.45) is 0 Å². The van der Waals surface area contributed by atoms with Gasteiger partial charge in [-0.05, 0) is 83.6 Å². The van der Waals surface area contributed by atoms with Crippen molar-refractivity contribution in [2.75, 3.05) is 4.90 Å². The summed E-state index contributed by atoms with van der Waals surface area (Å²) < 4.78 is 74.8. The molecule has 1 aliphatic carbocycles. The third kappa shape index (κ3) is 4.38. The second-order valence-electron chi connectivity index (χ2n) is 12.3. The molecule has 0 bridgehead atoms. The summed E-state index contributed by atoms with van der Waals surface area (Å²) in [4.78, 5) is 27.8. The summed E-state index contributed by atoms with van der Waals surface area (Å²) >= 11 is 0.959. The summed E-state index contributed by atoms with van der Waals surface area (Å²) in [5.74, 6) is -11.4. The topological polar surface area (TPSA) is 61.2 Å². The molecule has 0 saturated carbocycles. The van der Waals surface area contributed by atoms with Crippen LogP contribution >= 0.6 is 11.3 Å². The van der Waals surface area contributed by atoms with Gasteiger partial charge in [-0.1, -0.05) is 44.2 Å². The standard InChI is InChI=1S/C38H23F5N2O2S/c1-17-11-19(16-44)12-18(2)28(17)20-9-10-27-25(13-20)38(3,4)26-15-21(14-24-35(46)22-7-5-6-8-23(22)36(24)47)48-37(26)45(27)34-32(42)30(40)29(39)31(41)33(34)43/h5-15H,1-4H3. The lowest BCUT2D eigenvalue weighted by molar-refractivity contribution is 0.0990. The molecule has 238 valence electrons. The number of anilines is 3.